The lowest BCUT2D eigenvalue weighted by Crippen LogP contribution is -2.25. The second kappa shape index (κ2) is 7.82. The highest BCUT2D eigenvalue weighted by atomic mass is 19.1. The van der Waals surface area contributed by atoms with Crippen molar-refractivity contribution in [1.82, 2.24) is 29.5 Å². The molecule has 1 aliphatic heterocycles. The number of hydrogen-bond donors (Lipinski definition) is 0. The topological polar surface area (TPSA) is 80.3 Å². The van der Waals surface area contributed by atoms with Crippen molar-refractivity contribution in [1.29, 1.82) is 0 Å². The fourth-order valence-corrected chi connectivity index (χ4v) is 3.34. The molecule has 3 heterocycles. The summed E-state index contributed by atoms with van der Waals surface area (Å²) in [5.74, 6) is 4.94. The first-order valence-electron chi connectivity index (χ1n) is 9.05. The molecule has 9 heteroatoms. The van der Waals surface area contributed by atoms with Crippen LogP contribution in [0.25, 0.3) is 17.3 Å². The Bertz CT molecular complexity index is 1180. The number of fused-ring (bicyclic) bond motifs is 3. The van der Waals surface area contributed by atoms with E-state index in [4.69, 9.17) is 17.4 Å². The molecule has 1 amide bonds. The molecular formula is C21H17FN6O2. The van der Waals surface area contributed by atoms with Crippen LogP contribution in [0.2, 0.25) is 0 Å². The van der Waals surface area contributed by atoms with Crippen molar-refractivity contribution in [3.05, 3.63) is 47.4 Å². The van der Waals surface area contributed by atoms with Crippen LogP contribution in [0.1, 0.15) is 21.9 Å². The first-order chi connectivity index (χ1) is 14.5. The third-order valence-corrected chi connectivity index (χ3v) is 4.71. The van der Waals surface area contributed by atoms with Gasteiger partial charge in [0, 0.05) is 7.05 Å². The summed E-state index contributed by atoms with van der Waals surface area (Å²) in [5.41, 5.74) is 1.92. The fraction of sp³-hybridized carbons (Fsp3) is 0.238. The Balaban J connectivity index is 1.71. The van der Waals surface area contributed by atoms with Crippen LogP contribution in [0.4, 0.5) is 4.39 Å². The molecular weight excluding hydrogens is 387 g/mol. The summed E-state index contributed by atoms with van der Waals surface area (Å²) in [7, 11) is 1.64. The van der Waals surface area contributed by atoms with E-state index in [0.717, 1.165) is 0 Å². The average molecular weight is 404 g/mol. The molecule has 0 aliphatic carbocycles. The van der Waals surface area contributed by atoms with E-state index in [1.54, 1.807) is 24.0 Å². The maximum atomic E-state index is 13.7. The Morgan fingerprint density at radius 3 is 2.80 bits per heavy atom. The summed E-state index contributed by atoms with van der Waals surface area (Å²) < 4.78 is 20.9. The lowest BCUT2D eigenvalue weighted by atomic mass is 10.1. The van der Waals surface area contributed by atoms with Crippen LogP contribution in [0, 0.1) is 30.5 Å². The third kappa shape index (κ3) is 3.43. The van der Waals surface area contributed by atoms with E-state index in [1.807, 2.05) is 4.90 Å². The minimum atomic E-state index is -0.482. The number of carbonyl (C=O) groups excluding carboxylic acids is 1. The molecule has 150 valence electrons. The molecule has 0 saturated carbocycles. The van der Waals surface area contributed by atoms with E-state index in [9.17, 15) is 9.18 Å². The average Bonchev–Trinajstić information content (AvgIpc) is 3.32. The molecule has 1 aromatic carbocycles. The number of imidazole rings is 1. The number of terminal acetylenes is 2. The molecule has 0 unspecified atom stereocenters. The Morgan fingerprint density at radius 2 is 2.07 bits per heavy atom. The van der Waals surface area contributed by atoms with E-state index >= 15 is 0 Å². The number of hydrogen-bond acceptors (Lipinski definition) is 6. The van der Waals surface area contributed by atoms with Crippen LogP contribution < -0.4 is 0 Å². The van der Waals surface area contributed by atoms with Crippen molar-refractivity contribution in [3.8, 4) is 42.0 Å². The molecule has 8 nitrogen and oxygen atoms in total. The van der Waals surface area contributed by atoms with Gasteiger partial charge in [0.1, 0.15) is 12.1 Å². The minimum absolute atomic E-state index is 0.214. The zero-order valence-corrected chi connectivity index (χ0v) is 16.2. The smallest absolute Gasteiger partial charge is 0.278 e. The van der Waals surface area contributed by atoms with Gasteiger partial charge < -0.3 is 9.42 Å². The van der Waals surface area contributed by atoms with Gasteiger partial charge in [-0.15, -0.1) is 12.8 Å². The summed E-state index contributed by atoms with van der Waals surface area (Å²) in [6, 6.07) is 4.07. The maximum Gasteiger partial charge on any atom is 0.278 e. The summed E-state index contributed by atoms with van der Waals surface area (Å²) in [4.78, 5) is 24.8. The number of carbonyl (C=O) groups is 1. The van der Waals surface area contributed by atoms with Gasteiger partial charge in [-0.25, -0.2) is 9.37 Å². The highest BCUT2D eigenvalue weighted by molar-refractivity contribution is 5.98. The standard InChI is InChI=1S/C21H17FN6O2/c1-4-8-27(9-5-2)12-18-24-20(30-25-18)19-17-11-26(3)21(29)15-10-14(22)6-7-16(15)28(17)13-23-19/h1-2,6-7,10,13H,8-9,11-12H2,3H3. The maximum absolute atomic E-state index is 13.7. The van der Waals surface area contributed by atoms with Crippen molar-refractivity contribution < 1.29 is 13.7 Å². The number of amides is 1. The van der Waals surface area contributed by atoms with E-state index in [2.05, 4.69) is 27.0 Å². The molecule has 4 rings (SSSR count). The van der Waals surface area contributed by atoms with Crippen LogP contribution in [-0.4, -0.2) is 55.5 Å². The molecule has 0 saturated heterocycles. The number of rotatable bonds is 5. The van der Waals surface area contributed by atoms with E-state index in [-0.39, 0.29) is 23.9 Å². The monoisotopic (exact) mass is 404 g/mol. The number of benzene rings is 1. The lowest BCUT2D eigenvalue weighted by Gasteiger charge is -2.14. The van der Waals surface area contributed by atoms with Gasteiger partial charge in [-0.2, -0.15) is 4.98 Å². The van der Waals surface area contributed by atoms with Crippen LogP contribution in [0.3, 0.4) is 0 Å². The summed E-state index contributed by atoms with van der Waals surface area (Å²) in [5, 5.41) is 3.99. The van der Waals surface area contributed by atoms with Crippen molar-refractivity contribution >= 4 is 5.91 Å². The van der Waals surface area contributed by atoms with Crippen molar-refractivity contribution in [2.24, 2.45) is 0 Å². The van der Waals surface area contributed by atoms with Gasteiger partial charge in [0.15, 0.2) is 11.5 Å². The largest absolute Gasteiger partial charge is 0.336 e. The molecule has 30 heavy (non-hydrogen) atoms. The molecule has 0 fully saturated rings. The summed E-state index contributed by atoms with van der Waals surface area (Å²) >= 11 is 0. The predicted octanol–water partition coefficient (Wildman–Crippen LogP) is 1.72. The molecule has 2 aromatic heterocycles. The Hall–Kier alpha value is -3.95. The van der Waals surface area contributed by atoms with Gasteiger partial charge in [0.25, 0.3) is 11.8 Å². The quantitative estimate of drug-likeness (QED) is 0.603. The van der Waals surface area contributed by atoms with Gasteiger partial charge >= 0.3 is 0 Å². The Kier molecular flexibility index (Phi) is 5.05. The Labute approximate surface area is 172 Å². The fourth-order valence-electron chi connectivity index (χ4n) is 3.34. The van der Waals surface area contributed by atoms with Crippen LogP contribution in [0.5, 0.6) is 0 Å². The molecule has 0 radical (unpaired) electrons. The molecule has 1 aliphatic rings. The molecule has 0 bridgehead atoms. The number of halogens is 1. The molecule has 0 atom stereocenters. The number of nitrogens with zero attached hydrogens (tertiary/aromatic N) is 6. The van der Waals surface area contributed by atoms with E-state index in [0.29, 0.717) is 42.5 Å². The number of aromatic nitrogens is 4. The first-order valence-corrected chi connectivity index (χ1v) is 9.05. The third-order valence-electron chi connectivity index (χ3n) is 4.71. The Morgan fingerprint density at radius 1 is 1.30 bits per heavy atom. The molecule has 0 spiro atoms. The van der Waals surface area contributed by atoms with Crippen LogP contribution in [-0.2, 0) is 13.1 Å². The van der Waals surface area contributed by atoms with Gasteiger partial charge in [0.05, 0.1) is 43.1 Å². The van der Waals surface area contributed by atoms with Crippen molar-refractivity contribution in [3.63, 3.8) is 0 Å². The lowest BCUT2D eigenvalue weighted by molar-refractivity contribution is 0.0787. The highest BCUT2D eigenvalue weighted by Gasteiger charge is 2.29. The predicted molar refractivity (Wildman–Crippen MR) is 106 cm³/mol. The molecule has 0 N–H and O–H groups in total. The second-order valence-electron chi connectivity index (χ2n) is 6.80. The second-order valence-corrected chi connectivity index (χ2v) is 6.80. The zero-order valence-electron chi connectivity index (χ0n) is 16.2. The van der Waals surface area contributed by atoms with Crippen LogP contribution in [0.15, 0.2) is 29.0 Å². The van der Waals surface area contributed by atoms with Gasteiger partial charge in [-0.3, -0.25) is 14.3 Å². The summed E-state index contributed by atoms with van der Waals surface area (Å²) in [6.07, 6.45) is 12.3. The van der Waals surface area contributed by atoms with E-state index in [1.165, 1.54) is 17.0 Å². The van der Waals surface area contributed by atoms with E-state index < -0.39 is 5.82 Å². The minimum Gasteiger partial charge on any atom is -0.336 e. The first kappa shape index (κ1) is 19.4. The summed E-state index contributed by atoms with van der Waals surface area (Å²) in [6.45, 7) is 1.28. The molecule has 3 aromatic rings. The van der Waals surface area contributed by atoms with Crippen molar-refractivity contribution in [2.75, 3.05) is 20.1 Å². The normalized spacial score (nSPS) is 12.8. The van der Waals surface area contributed by atoms with Crippen molar-refractivity contribution in [2.45, 2.75) is 13.1 Å². The zero-order chi connectivity index (χ0) is 21.3. The SMILES string of the molecule is C#CCN(CC#C)Cc1noc(-c2ncn3c2CN(C)C(=O)c2cc(F)ccc2-3)n1. The van der Waals surface area contributed by atoms with Gasteiger partial charge in [-0.05, 0) is 18.2 Å². The van der Waals surface area contributed by atoms with Crippen LogP contribution >= 0.6 is 0 Å². The highest BCUT2D eigenvalue weighted by Crippen LogP contribution is 2.30. The van der Waals surface area contributed by atoms with Gasteiger partial charge in [-0.1, -0.05) is 17.0 Å². The van der Waals surface area contributed by atoms with Gasteiger partial charge in [0.2, 0.25) is 0 Å².